The van der Waals surface area contributed by atoms with Gasteiger partial charge < -0.3 is 15.8 Å². The van der Waals surface area contributed by atoms with Crippen LogP contribution < -0.4 is 11.1 Å². The Labute approximate surface area is 114 Å². The minimum atomic E-state index is -0.375. The Bertz CT molecular complexity index is 414. The average molecular weight is 262 g/mol. The molecule has 1 fully saturated rings. The lowest BCUT2D eigenvalue weighted by atomic mass is 10.1. The number of amides is 1. The normalized spacial score (nSPS) is 15.8. The van der Waals surface area contributed by atoms with Crippen LogP contribution in [-0.4, -0.2) is 25.2 Å². The molecule has 2 rings (SSSR count). The fraction of sp³-hybridized carbons (Fsp3) is 0.533. The van der Waals surface area contributed by atoms with Crippen LogP contribution in [0.25, 0.3) is 0 Å². The Kier molecular flexibility index (Phi) is 5.36. The van der Waals surface area contributed by atoms with Gasteiger partial charge in [-0.2, -0.15) is 0 Å². The molecule has 0 unspecified atom stereocenters. The van der Waals surface area contributed by atoms with E-state index in [0.717, 1.165) is 18.7 Å². The zero-order chi connectivity index (χ0) is 13.5. The third-order valence-corrected chi connectivity index (χ3v) is 3.53. The molecule has 0 bridgehead atoms. The van der Waals surface area contributed by atoms with E-state index >= 15 is 0 Å². The number of carbonyl (C=O) groups is 1. The maximum absolute atomic E-state index is 11.3. The zero-order valence-corrected chi connectivity index (χ0v) is 11.2. The summed E-state index contributed by atoms with van der Waals surface area (Å²) < 4.78 is 5.76. The van der Waals surface area contributed by atoms with Gasteiger partial charge in [-0.3, -0.25) is 4.79 Å². The molecule has 4 heteroatoms. The van der Waals surface area contributed by atoms with E-state index in [1.165, 1.54) is 25.7 Å². The molecular formula is C15H22N2O2. The number of hydrogen-bond donors (Lipinski definition) is 2. The minimum absolute atomic E-state index is 0.375. The molecule has 0 spiro atoms. The molecule has 104 valence electrons. The van der Waals surface area contributed by atoms with E-state index in [9.17, 15) is 4.79 Å². The molecule has 0 heterocycles. The fourth-order valence-electron chi connectivity index (χ4n) is 2.49. The highest BCUT2D eigenvalue weighted by atomic mass is 16.5. The van der Waals surface area contributed by atoms with Crippen LogP contribution in [0.3, 0.4) is 0 Å². The second kappa shape index (κ2) is 7.26. The highest BCUT2D eigenvalue weighted by Crippen LogP contribution is 2.20. The Hall–Kier alpha value is -1.39. The van der Waals surface area contributed by atoms with Crippen molar-refractivity contribution in [2.75, 3.05) is 13.2 Å². The van der Waals surface area contributed by atoms with Gasteiger partial charge in [0, 0.05) is 18.7 Å². The number of primary amides is 1. The predicted octanol–water partition coefficient (Wildman–Crippen LogP) is 1.83. The number of ether oxygens (including phenoxy) is 1. The van der Waals surface area contributed by atoms with Crippen molar-refractivity contribution in [3.8, 4) is 0 Å². The van der Waals surface area contributed by atoms with Gasteiger partial charge in [-0.15, -0.1) is 0 Å². The van der Waals surface area contributed by atoms with Crippen molar-refractivity contribution in [1.82, 2.24) is 5.32 Å². The molecule has 1 amide bonds. The maximum atomic E-state index is 11.3. The third kappa shape index (κ3) is 4.33. The van der Waals surface area contributed by atoms with Gasteiger partial charge in [0.15, 0.2) is 0 Å². The van der Waals surface area contributed by atoms with Gasteiger partial charge in [0.2, 0.25) is 5.91 Å². The third-order valence-electron chi connectivity index (χ3n) is 3.53. The van der Waals surface area contributed by atoms with Crippen molar-refractivity contribution in [2.45, 2.75) is 38.3 Å². The first-order valence-electron chi connectivity index (χ1n) is 6.97. The summed E-state index contributed by atoms with van der Waals surface area (Å²) in [6, 6.07) is 7.42. The molecule has 0 atom stereocenters. The minimum Gasteiger partial charge on any atom is -0.377 e. The summed E-state index contributed by atoms with van der Waals surface area (Å²) in [5.74, 6) is -0.375. The Balaban J connectivity index is 1.69. The van der Waals surface area contributed by atoms with E-state index in [4.69, 9.17) is 10.5 Å². The van der Waals surface area contributed by atoms with Crippen molar-refractivity contribution in [2.24, 2.45) is 5.73 Å². The number of rotatable bonds is 7. The summed E-state index contributed by atoms with van der Waals surface area (Å²) in [6.45, 7) is 2.17. The van der Waals surface area contributed by atoms with Gasteiger partial charge in [-0.1, -0.05) is 31.0 Å². The summed E-state index contributed by atoms with van der Waals surface area (Å²) in [7, 11) is 0. The number of nitrogens with two attached hydrogens (primary N) is 1. The molecular weight excluding hydrogens is 240 g/mol. The van der Waals surface area contributed by atoms with Crippen LogP contribution in [0.1, 0.15) is 41.6 Å². The summed E-state index contributed by atoms with van der Waals surface area (Å²) in [4.78, 5) is 11.3. The topological polar surface area (TPSA) is 64.4 Å². The molecule has 19 heavy (non-hydrogen) atoms. The molecule has 1 aliphatic carbocycles. The van der Waals surface area contributed by atoms with Crippen LogP contribution in [0.2, 0.25) is 0 Å². The standard InChI is InChI=1S/C15H22N2O2/c16-15(18)14-8-4-1-5-12(14)11-17-9-10-19-13-6-2-3-7-13/h1,4-5,8,13,17H,2-3,6-7,9-11H2,(H2,16,18). The van der Waals surface area contributed by atoms with E-state index in [0.29, 0.717) is 18.2 Å². The van der Waals surface area contributed by atoms with Gasteiger partial charge >= 0.3 is 0 Å². The first kappa shape index (κ1) is 14.0. The van der Waals surface area contributed by atoms with E-state index in [1.54, 1.807) is 6.07 Å². The number of benzene rings is 1. The first-order valence-corrected chi connectivity index (χ1v) is 6.97. The summed E-state index contributed by atoms with van der Waals surface area (Å²) in [5, 5.41) is 3.29. The molecule has 0 aromatic heterocycles. The SMILES string of the molecule is NC(=O)c1ccccc1CNCCOC1CCCC1. The van der Waals surface area contributed by atoms with Crippen molar-refractivity contribution in [1.29, 1.82) is 0 Å². The molecule has 1 aromatic carbocycles. The molecule has 4 nitrogen and oxygen atoms in total. The number of nitrogens with one attached hydrogen (secondary N) is 1. The average Bonchev–Trinajstić information content (AvgIpc) is 2.92. The first-order chi connectivity index (χ1) is 9.27. The summed E-state index contributed by atoms with van der Waals surface area (Å²) in [6.07, 6.45) is 5.45. The van der Waals surface area contributed by atoms with Gasteiger partial charge in [-0.05, 0) is 24.5 Å². The monoisotopic (exact) mass is 262 g/mol. The van der Waals surface area contributed by atoms with Crippen LogP contribution in [-0.2, 0) is 11.3 Å². The van der Waals surface area contributed by atoms with Gasteiger partial charge in [0.05, 0.1) is 12.7 Å². The van der Waals surface area contributed by atoms with Crippen molar-refractivity contribution in [3.05, 3.63) is 35.4 Å². The predicted molar refractivity (Wildman–Crippen MR) is 74.9 cm³/mol. The number of carbonyl (C=O) groups excluding carboxylic acids is 1. The van der Waals surface area contributed by atoms with Crippen LogP contribution in [0.4, 0.5) is 0 Å². The van der Waals surface area contributed by atoms with Gasteiger partial charge in [-0.25, -0.2) is 0 Å². The molecule has 3 N–H and O–H groups in total. The Morgan fingerprint density at radius 3 is 2.79 bits per heavy atom. The lowest BCUT2D eigenvalue weighted by Crippen LogP contribution is -2.23. The summed E-state index contributed by atoms with van der Waals surface area (Å²) >= 11 is 0. The molecule has 1 aromatic rings. The largest absolute Gasteiger partial charge is 0.377 e. The van der Waals surface area contributed by atoms with Crippen molar-refractivity contribution >= 4 is 5.91 Å². The van der Waals surface area contributed by atoms with Crippen molar-refractivity contribution < 1.29 is 9.53 Å². The Morgan fingerprint density at radius 2 is 2.05 bits per heavy atom. The van der Waals surface area contributed by atoms with E-state index in [-0.39, 0.29) is 5.91 Å². The highest BCUT2D eigenvalue weighted by Gasteiger charge is 2.14. The quantitative estimate of drug-likeness (QED) is 0.737. The second-order valence-electron chi connectivity index (χ2n) is 4.98. The molecule has 0 radical (unpaired) electrons. The summed E-state index contributed by atoms with van der Waals surface area (Å²) in [5.41, 5.74) is 6.87. The Morgan fingerprint density at radius 1 is 1.32 bits per heavy atom. The highest BCUT2D eigenvalue weighted by molar-refractivity contribution is 5.94. The van der Waals surface area contributed by atoms with Crippen LogP contribution in [0.15, 0.2) is 24.3 Å². The van der Waals surface area contributed by atoms with E-state index < -0.39 is 0 Å². The molecule has 1 saturated carbocycles. The zero-order valence-electron chi connectivity index (χ0n) is 11.2. The lowest BCUT2D eigenvalue weighted by Gasteiger charge is -2.12. The van der Waals surface area contributed by atoms with E-state index in [1.807, 2.05) is 18.2 Å². The van der Waals surface area contributed by atoms with Crippen LogP contribution >= 0.6 is 0 Å². The maximum Gasteiger partial charge on any atom is 0.249 e. The fourth-order valence-corrected chi connectivity index (χ4v) is 2.49. The second-order valence-corrected chi connectivity index (χ2v) is 4.98. The van der Waals surface area contributed by atoms with Gasteiger partial charge in [0.25, 0.3) is 0 Å². The van der Waals surface area contributed by atoms with Crippen LogP contribution in [0.5, 0.6) is 0 Å². The molecule has 0 aliphatic heterocycles. The molecule has 1 aliphatic rings. The van der Waals surface area contributed by atoms with Gasteiger partial charge in [0.1, 0.15) is 0 Å². The molecule has 0 saturated heterocycles. The smallest absolute Gasteiger partial charge is 0.249 e. The van der Waals surface area contributed by atoms with E-state index in [2.05, 4.69) is 5.32 Å². The van der Waals surface area contributed by atoms with Crippen LogP contribution in [0, 0.1) is 0 Å². The number of hydrogen-bond acceptors (Lipinski definition) is 3. The lowest BCUT2D eigenvalue weighted by molar-refractivity contribution is 0.0602. The van der Waals surface area contributed by atoms with Crippen molar-refractivity contribution in [3.63, 3.8) is 0 Å².